The number of carbonyl (C=O) groups is 2. The Balaban J connectivity index is 1.42. The molecule has 2 amide bonds. The van der Waals surface area contributed by atoms with Gasteiger partial charge in [-0.25, -0.2) is 4.98 Å². The number of aryl methyl sites for hydroxylation is 1. The summed E-state index contributed by atoms with van der Waals surface area (Å²) in [6, 6.07) is 17.7. The quantitative estimate of drug-likeness (QED) is 0.458. The Morgan fingerprint density at radius 2 is 1.86 bits per heavy atom. The number of aromatic nitrogens is 1. The first-order valence-corrected chi connectivity index (χ1v) is 10.4. The Kier molecular flexibility index (Phi) is 5.36. The van der Waals surface area contributed by atoms with Crippen molar-refractivity contribution < 1.29 is 14.0 Å². The van der Waals surface area contributed by atoms with Crippen LogP contribution in [-0.2, 0) is 10.5 Å². The number of nitrogens with zero attached hydrogens (tertiary/aromatic N) is 1. The van der Waals surface area contributed by atoms with Crippen LogP contribution in [0.15, 0.2) is 68.8 Å². The Labute approximate surface area is 170 Å². The summed E-state index contributed by atoms with van der Waals surface area (Å²) < 4.78 is 5.80. The van der Waals surface area contributed by atoms with Gasteiger partial charge in [0, 0.05) is 16.2 Å². The van der Waals surface area contributed by atoms with Gasteiger partial charge in [0.1, 0.15) is 5.76 Å². The van der Waals surface area contributed by atoms with Crippen molar-refractivity contribution in [2.75, 3.05) is 0 Å². The number of hydrogen-bond acceptors (Lipinski definition) is 6. The van der Waals surface area contributed by atoms with Gasteiger partial charge in [-0.3, -0.25) is 14.9 Å². The van der Waals surface area contributed by atoms with Crippen LogP contribution in [0.25, 0.3) is 17.5 Å². The number of imide groups is 1. The third-order valence-electron chi connectivity index (χ3n) is 4.11. The van der Waals surface area contributed by atoms with Gasteiger partial charge in [0.15, 0.2) is 0 Å². The van der Waals surface area contributed by atoms with Crippen molar-refractivity contribution in [3.05, 3.63) is 76.5 Å². The van der Waals surface area contributed by atoms with Gasteiger partial charge in [0.05, 0.1) is 10.6 Å². The first-order valence-electron chi connectivity index (χ1n) is 8.58. The topological polar surface area (TPSA) is 72.2 Å². The third-order valence-corrected chi connectivity index (χ3v) is 5.94. The molecule has 7 heteroatoms. The number of nitrogens with one attached hydrogen (secondary N) is 1. The Morgan fingerprint density at radius 1 is 1.11 bits per heavy atom. The molecule has 1 aliphatic rings. The second-order valence-electron chi connectivity index (χ2n) is 6.10. The molecule has 0 unspecified atom stereocenters. The largest absolute Gasteiger partial charge is 0.441 e. The fourth-order valence-electron chi connectivity index (χ4n) is 2.65. The maximum atomic E-state index is 11.6. The molecule has 5 nitrogen and oxygen atoms in total. The van der Waals surface area contributed by atoms with Crippen molar-refractivity contribution in [2.45, 2.75) is 17.6 Å². The molecule has 0 bridgehead atoms. The zero-order chi connectivity index (χ0) is 19.5. The van der Waals surface area contributed by atoms with E-state index in [1.54, 1.807) is 17.8 Å². The average Bonchev–Trinajstić information content (AvgIpc) is 3.23. The first-order chi connectivity index (χ1) is 13.6. The highest BCUT2D eigenvalue weighted by Gasteiger charge is 2.24. The van der Waals surface area contributed by atoms with Gasteiger partial charge in [0.25, 0.3) is 11.1 Å². The van der Waals surface area contributed by atoms with E-state index in [2.05, 4.69) is 10.3 Å². The molecule has 1 fully saturated rings. The van der Waals surface area contributed by atoms with E-state index in [0.29, 0.717) is 16.5 Å². The van der Waals surface area contributed by atoms with Crippen molar-refractivity contribution >= 4 is 40.7 Å². The van der Waals surface area contributed by atoms with Crippen LogP contribution in [0.3, 0.4) is 0 Å². The lowest BCUT2D eigenvalue weighted by Gasteiger charge is -2.01. The van der Waals surface area contributed by atoms with Crippen molar-refractivity contribution in [2.24, 2.45) is 0 Å². The van der Waals surface area contributed by atoms with Crippen LogP contribution in [0.4, 0.5) is 4.79 Å². The number of rotatable bonds is 5. The van der Waals surface area contributed by atoms with Crippen molar-refractivity contribution in [1.29, 1.82) is 0 Å². The van der Waals surface area contributed by atoms with E-state index in [-0.39, 0.29) is 11.1 Å². The first kappa shape index (κ1) is 18.6. The fourth-order valence-corrected chi connectivity index (χ4v) is 4.23. The molecule has 1 saturated heterocycles. The molecule has 140 valence electrons. The summed E-state index contributed by atoms with van der Waals surface area (Å²) in [5, 5.41) is 1.92. The number of amides is 2. The predicted octanol–water partition coefficient (Wildman–Crippen LogP) is 5.27. The minimum Gasteiger partial charge on any atom is -0.441 e. The van der Waals surface area contributed by atoms with Crippen LogP contribution in [0.2, 0.25) is 0 Å². The van der Waals surface area contributed by atoms with Crippen molar-refractivity contribution in [1.82, 2.24) is 10.3 Å². The van der Waals surface area contributed by atoms with Gasteiger partial charge in [-0.1, -0.05) is 30.3 Å². The van der Waals surface area contributed by atoms with Crippen molar-refractivity contribution in [3.63, 3.8) is 0 Å². The minimum atomic E-state index is -0.343. The van der Waals surface area contributed by atoms with E-state index < -0.39 is 0 Å². The van der Waals surface area contributed by atoms with Gasteiger partial charge >= 0.3 is 0 Å². The molecule has 2 aromatic carbocycles. The Hall–Kier alpha value is -2.77. The van der Waals surface area contributed by atoms with E-state index in [0.717, 1.165) is 39.2 Å². The van der Waals surface area contributed by atoms with Gasteiger partial charge in [-0.15, -0.1) is 11.8 Å². The van der Waals surface area contributed by atoms with E-state index >= 15 is 0 Å². The summed E-state index contributed by atoms with van der Waals surface area (Å²) in [6.07, 6.45) is 1.72. The molecule has 1 aromatic heterocycles. The van der Waals surface area contributed by atoms with Crippen LogP contribution in [0.5, 0.6) is 0 Å². The Morgan fingerprint density at radius 3 is 2.54 bits per heavy atom. The van der Waals surface area contributed by atoms with Crippen LogP contribution in [0.1, 0.15) is 17.0 Å². The highest BCUT2D eigenvalue weighted by molar-refractivity contribution is 8.18. The maximum absolute atomic E-state index is 11.6. The van der Waals surface area contributed by atoms with Crippen LogP contribution in [-0.4, -0.2) is 16.1 Å². The molecular formula is C21H16N2O3S2. The summed E-state index contributed by atoms with van der Waals surface area (Å²) >= 11 is 2.59. The summed E-state index contributed by atoms with van der Waals surface area (Å²) in [5.74, 6) is 1.82. The van der Waals surface area contributed by atoms with Crippen LogP contribution >= 0.6 is 23.5 Å². The minimum absolute atomic E-state index is 0.332. The highest BCUT2D eigenvalue weighted by atomic mass is 32.2. The molecule has 0 radical (unpaired) electrons. The molecule has 28 heavy (non-hydrogen) atoms. The highest BCUT2D eigenvalue weighted by Crippen LogP contribution is 2.29. The third kappa shape index (κ3) is 4.21. The number of carbonyl (C=O) groups excluding carboxylic acids is 2. The lowest BCUT2D eigenvalue weighted by molar-refractivity contribution is -0.115. The SMILES string of the molecule is Cc1oc(-c2ccccc2)nc1CSc1ccc(/C=C2/SC(=O)NC2=O)cc1. The Bertz CT molecular complexity index is 1060. The van der Waals surface area contributed by atoms with Crippen LogP contribution in [0, 0.1) is 6.92 Å². The molecular weight excluding hydrogens is 392 g/mol. The summed E-state index contributed by atoms with van der Waals surface area (Å²) in [7, 11) is 0. The number of hydrogen-bond donors (Lipinski definition) is 1. The van der Waals surface area contributed by atoms with E-state index in [1.165, 1.54) is 0 Å². The molecule has 0 spiro atoms. The fraction of sp³-hybridized carbons (Fsp3) is 0.0952. The molecule has 2 heterocycles. The zero-order valence-electron chi connectivity index (χ0n) is 15.0. The summed E-state index contributed by atoms with van der Waals surface area (Å²) in [6.45, 7) is 1.93. The van der Waals surface area contributed by atoms with Gasteiger partial charge in [0.2, 0.25) is 5.89 Å². The van der Waals surface area contributed by atoms with Crippen LogP contribution < -0.4 is 5.32 Å². The lowest BCUT2D eigenvalue weighted by atomic mass is 10.2. The normalized spacial score (nSPS) is 15.2. The van der Waals surface area contributed by atoms with Gasteiger partial charge in [-0.2, -0.15) is 0 Å². The van der Waals surface area contributed by atoms with E-state index in [9.17, 15) is 9.59 Å². The predicted molar refractivity (Wildman–Crippen MR) is 112 cm³/mol. The van der Waals surface area contributed by atoms with Crippen molar-refractivity contribution in [3.8, 4) is 11.5 Å². The molecule has 1 aliphatic heterocycles. The zero-order valence-corrected chi connectivity index (χ0v) is 16.6. The monoisotopic (exact) mass is 408 g/mol. The smallest absolute Gasteiger partial charge is 0.290 e. The molecule has 0 atom stereocenters. The summed E-state index contributed by atoms with van der Waals surface area (Å²) in [4.78, 5) is 29.0. The second-order valence-corrected chi connectivity index (χ2v) is 8.16. The molecule has 4 rings (SSSR count). The van der Waals surface area contributed by atoms with E-state index in [4.69, 9.17) is 4.42 Å². The van der Waals surface area contributed by atoms with E-state index in [1.807, 2.05) is 61.5 Å². The standard InChI is InChI=1S/C21H16N2O3S2/c1-13-17(22-20(26-13)15-5-3-2-4-6-15)12-27-16-9-7-14(8-10-16)11-18-19(24)23-21(25)28-18/h2-11H,12H2,1H3,(H,23,24,25)/b18-11+. The lowest BCUT2D eigenvalue weighted by Crippen LogP contribution is -2.17. The van der Waals surface area contributed by atoms with Gasteiger partial charge < -0.3 is 4.42 Å². The second kappa shape index (κ2) is 8.08. The number of oxazole rings is 1. The maximum Gasteiger partial charge on any atom is 0.290 e. The molecule has 0 aliphatic carbocycles. The molecule has 0 saturated carbocycles. The molecule has 3 aromatic rings. The number of benzene rings is 2. The molecule has 1 N–H and O–H groups in total. The average molecular weight is 409 g/mol. The van der Waals surface area contributed by atoms with Gasteiger partial charge in [-0.05, 0) is 54.6 Å². The number of thioether (sulfide) groups is 2. The summed E-state index contributed by atoms with van der Waals surface area (Å²) in [5.41, 5.74) is 2.76.